The van der Waals surface area contributed by atoms with E-state index in [4.69, 9.17) is 0 Å². The summed E-state index contributed by atoms with van der Waals surface area (Å²) in [4.78, 5) is 0. The van der Waals surface area contributed by atoms with Crippen LogP contribution < -0.4 is 0 Å². The van der Waals surface area contributed by atoms with Gasteiger partial charge in [-0.25, -0.2) is 0 Å². The first-order valence-corrected chi connectivity index (χ1v) is 8.32. The second kappa shape index (κ2) is 6.68. The summed E-state index contributed by atoms with van der Waals surface area (Å²) in [5.41, 5.74) is 3.37. The van der Waals surface area contributed by atoms with E-state index in [1.54, 1.807) is 11.3 Å². The van der Waals surface area contributed by atoms with Crippen molar-refractivity contribution in [2.45, 2.75) is 45.8 Å². The van der Waals surface area contributed by atoms with Crippen LogP contribution in [-0.2, 0) is 25.8 Å². The lowest BCUT2D eigenvalue weighted by atomic mass is 10.1. The Morgan fingerprint density at radius 1 is 1.42 bits per heavy atom. The van der Waals surface area contributed by atoms with Crippen LogP contribution in [0.3, 0.4) is 0 Å². The molecule has 1 unspecified atom stereocenters. The molecule has 3 nitrogen and oxygen atoms in total. The fraction of sp³-hybridized carbons (Fsp3) is 0.500. The van der Waals surface area contributed by atoms with Gasteiger partial charge in [0.25, 0.3) is 0 Å². The van der Waals surface area contributed by atoms with Gasteiger partial charge in [-0.2, -0.15) is 16.4 Å². The highest BCUT2D eigenvalue weighted by Crippen LogP contribution is 2.24. The lowest BCUT2D eigenvalue weighted by Crippen LogP contribution is -2.17. The number of hydrogen-bond acceptors (Lipinski definition) is 3. The zero-order valence-electron chi connectivity index (χ0n) is 11.3. The van der Waals surface area contributed by atoms with E-state index in [0.717, 1.165) is 28.8 Å². The minimum Gasteiger partial charge on any atom is -0.392 e. The molecule has 0 spiro atoms. The Bertz CT molecular complexity index is 522. The first-order chi connectivity index (χ1) is 9.15. The number of aliphatic hydroxyl groups excluding tert-OH is 1. The Hall–Kier alpha value is -0.650. The minimum absolute atomic E-state index is 0.363. The summed E-state index contributed by atoms with van der Waals surface area (Å²) in [5.74, 6) is 0. The van der Waals surface area contributed by atoms with Gasteiger partial charge in [-0.15, -0.1) is 0 Å². The fourth-order valence-electron chi connectivity index (χ4n) is 2.19. The summed E-state index contributed by atoms with van der Waals surface area (Å²) in [7, 11) is 0. The molecule has 0 radical (unpaired) electrons. The van der Waals surface area contributed by atoms with Crippen LogP contribution in [0, 0.1) is 0 Å². The van der Waals surface area contributed by atoms with Gasteiger partial charge in [0.05, 0.1) is 22.0 Å². The van der Waals surface area contributed by atoms with Gasteiger partial charge in [-0.3, -0.25) is 4.68 Å². The molecule has 0 bridgehead atoms. The maximum Gasteiger partial charge on any atom is 0.0766 e. The zero-order chi connectivity index (χ0) is 13.8. The van der Waals surface area contributed by atoms with Crippen molar-refractivity contribution in [2.75, 3.05) is 0 Å². The number of thiophene rings is 1. The second-order valence-electron chi connectivity index (χ2n) is 4.57. The Labute approximate surface area is 126 Å². The van der Waals surface area contributed by atoms with Gasteiger partial charge in [-0.05, 0) is 58.1 Å². The number of nitrogens with zero attached hydrogens (tertiary/aromatic N) is 2. The summed E-state index contributed by atoms with van der Waals surface area (Å²) in [6.07, 6.45) is 1.88. The molecule has 1 atom stereocenters. The number of hydrogen-bond donors (Lipinski definition) is 1. The van der Waals surface area contributed by atoms with Crippen molar-refractivity contribution in [2.24, 2.45) is 0 Å². The van der Waals surface area contributed by atoms with E-state index in [1.807, 2.05) is 10.1 Å². The molecule has 0 saturated carbocycles. The number of aryl methyl sites for hydroxylation is 2. The Kier molecular flexibility index (Phi) is 5.19. The van der Waals surface area contributed by atoms with E-state index in [0.29, 0.717) is 12.8 Å². The van der Waals surface area contributed by atoms with Gasteiger partial charge >= 0.3 is 0 Å². The van der Waals surface area contributed by atoms with Crippen LogP contribution in [0.5, 0.6) is 0 Å². The molecule has 0 aliphatic heterocycles. The predicted molar refractivity (Wildman–Crippen MR) is 82.7 cm³/mol. The maximum absolute atomic E-state index is 10.2. The number of rotatable bonds is 6. The van der Waals surface area contributed by atoms with E-state index >= 15 is 0 Å². The van der Waals surface area contributed by atoms with Gasteiger partial charge in [-0.1, -0.05) is 6.92 Å². The van der Waals surface area contributed by atoms with Gasteiger partial charge in [0.15, 0.2) is 0 Å². The molecule has 104 valence electrons. The summed E-state index contributed by atoms with van der Waals surface area (Å²) in [6.45, 7) is 5.01. The van der Waals surface area contributed by atoms with Crippen LogP contribution in [0.4, 0.5) is 0 Å². The summed E-state index contributed by atoms with van der Waals surface area (Å²) < 4.78 is 3.04. The molecular weight excluding hydrogens is 324 g/mol. The van der Waals surface area contributed by atoms with Crippen molar-refractivity contribution in [1.82, 2.24) is 9.78 Å². The Balaban J connectivity index is 2.11. The lowest BCUT2D eigenvalue weighted by molar-refractivity contribution is 0.172. The molecule has 2 aromatic rings. The third kappa shape index (κ3) is 3.46. The van der Waals surface area contributed by atoms with Crippen LogP contribution in [0.15, 0.2) is 21.3 Å². The molecule has 0 amide bonds. The number of aliphatic hydroxyl groups is 1. The molecule has 2 heterocycles. The molecule has 19 heavy (non-hydrogen) atoms. The minimum atomic E-state index is -0.363. The molecule has 0 aromatic carbocycles. The highest BCUT2D eigenvalue weighted by atomic mass is 79.9. The van der Waals surface area contributed by atoms with Crippen molar-refractivity contribution in [3.63, 3.8) is 0 Å². The molecule has 0 aliphatic carbocycles. The number of halogens is 1. The van der Waals surface area contributed by atoms with Crippen molar-refractivity contribution < 1.29 is 5.11 Å². The van der Waals surface area contributed by atoms with Gasteiger partial charge < -0.3 is 5.11 Å². The van der Waals surface area contributed by atoms with E-state index in [2.05, 4.69) is 46.3 Å². The lowest BCUT2D eigenvalue weighted by Gasteiger charge is -2.11. The van der Waals surface area contributed by atoms with E-state index in [9.17, 15) is 5.11 Å². The Morgan fingerprint density at radius 2 is 2.21 bits per heavy atom. The summed E-state index contributed by atoms with van der Waals surface area (Å²) in [6, 6.07) is 2.07. The van der Waals surface area contributed by atoms with E-state index in [-0.39, 0.29) is 6.10 Å². The van der Waals surface area contributed by atoms with Crippen LogP contribution in [0.25, 0.3) is 0 Å². The molecule has 5 heteroatoms. The monoisotopic (exact) mass is 342 g/mol. The topological polar surface area (TPSA) is 38.0 Å². The predicted octanol–water partition coefficient (Wildman–Crippen LogP) is 3.44. The highest BCUT2D eigenvalue weighted by Gasteiger charge is 2.17. The Morgan fingerprint density at radius 3 is 2.79 bits per heavy atom. The summed E-state index contributed by atoms with van der Waals surface area (Å²) in [5, 5.41) is 18.9. The highest BCUT2D eigenvalue weighted by molar-refractivity contribution is 9.10. The average molecular weight is 343 g/mol. The smallest absolute Gasteiger partial charge is 0.0766 e. The van der Waals surface area contributed by atoms with Gasteiger partial charge in [0, 0.05) is 13.0 Å². The average Bonchev–Trinajstić information content (AvgIpc) is 2.99. The number of aromatic nitrogens is 2. The first-order valence-electron chi connectivity index (χ1n) is 6.58. The third-order valence-corrected chi connectivity index (χ3v) is 4.82. The largest absolute Gasteiger partial charge is 0.392 e. The second-order valence-corrected chi connectivity index (χ2v) is 6.14. The quantitative estimate of drug-likeness (QED) is 0.873. The molecular formula is C14H19BrN2OS. The van der Waals surface area contributed by atoms with E-state index in [1.165, 1.54) is 5.56 Å². The fourth-order valence-corrected chi connectivity index (χ4v) is 3.60. The first kappa shape index (κ1) is 14.8. The molecule has 0 saturated heterocycles. The molecule has 2 aromatic heterocycles. The molecule has 0 fully saturated rings. The molecule has 1 N–H and O–H groups in total. The maximum atomic E-state index is 10.2. The van der Waals surface area contributed by atoms with Crippen molar-refractivity contribution >= 4 is 27.3 Å². The van der Waals surface area contributed by atoms with Crippen molar-refractivity contribution in [3.8, 4) is 0 Å². The standard InChI is InChI=1S/C14H19BrN2OS/c1-3-12-14(15)13(17(4-2)16-12)8-11(18)7-10-5-6-19-9-10/h5-6,9,11,18H,3-4,7-8H2,1-2H3. The van der Waals surface area contributed by atoms with Crippen LogP contribution in [-0.4, -0.2) is 21.0 Å². The molecule has 0 aliphatic rings. The van der Waals surface area contributed by atoms with Gasteiger partial charge in [0.1, 0.15) is 0 Å². The van der Waals surface area contributed by atoms with Crippen molar-refractivity contribution in [3.05, 3.63) is 38.3 Å². The van der Waals surface area contributed by atoms with Gasteiger partial charge in [0.2, 0.25) is 0 Å². The summed E-state index contributed by atoms with van der Waals surface area (Å²) >= 11 is 5.29. The van der Waals surface area contributed by atoms with E-state index < -0.39 is 0 Å². The van der Waals surface area contributed by atoms with Crippen LogP contribution >= 0.6 is 27.3 Å². The SMILES string of the molecule is CCc1nn(CC)c(CC(O)Cc2ccsc2)c1Br. The third-order valence-electron chi connectivity index (χ3n) is 3.17. The molecule has 2 rings (SSSR count). The van der Waals surface area contributed by atoms with Crippen molar-refractivity contribution in [1.29, 1.82) is 0 Å². The van der Waals surface area contributed by atoms with Crippen LogP contribution in [0.2, 0.25) is 0 Å². The normalized spacial score (nSPS) is 12.8. The van der Waals surface area contributed by atoms with Crippen LogP contribution in [0.1, 0.15) is 30.8 Å². The zero-order valence-corrected chi connectivity index (χ0v) is 13.7.